The Morgan fingerprint density at radius 1 is 1.35 bits per heavy atom. The van der Waals surface area contributed by atoms with Crippen molar-refractivity contribution in [2.24, 2.45) is 17.3 Å². The Hall–Kier alpha value is -0.340. The number of hydrogen-bond acceptors (Lipinski definition) is 2. The van der Waals surface area contributed by atoms with Crippen molar-refractivity contribution in [1.82, 2.24) is 4.90 Å². The first-order valence-electron chi connectivity index (χ1n) is 7.17. The molecule has 1 saturated heterocycles. The standard InChI is InChI=1S/C15H25NO/c1-15(2)13-4-3-12(14(15)11-13)5-6-16-7-9-17-10-8-16/h3,13-14H,4-11H2,1-2H3. The predicted molar refractivity (Wildman–Crippen MR) is 70.0 cm³/mol. The molecule has 1 aliphatic heterocycles. The molecule has 2 nitrogen and oxygen atoms in total. The van der Waals surface area contributed by atoms with Crippen LogP contribution in [-0.2, 0) is 4.74 Å². The number of rotatable bonds is 3. The molecule has 2 bridgehead atoms. The zero-order valence-corrected chi connectivity index (χ0v) is 11.2. The number of nitrogens with zero attached hydrogens (tertiary/aromatic N) is 1. The summed E-state index contributed by atoms with van der Waals surface area (Å²) in [4.78, 5) is 2.56. The summed E-state index contributed by atoms with van der Waals surface area (Å²) in [6.07, 6.45) is 6.63. The summed E-state index contributed by atoms with van der Waals surface area (Å²) in [5, 5.41) is 0. The highest BCUT2D eigenvalue weighted by Gasteiger charge is 2.50. The van der Waals surface area contributed by atoms with Crippen molar-refractivity contribution in [3.8, 4) is 0 Å². The van der Waals surface area contributed by atoms with Crippen LogP contribution in [0.4, 0.5) is 0 Å². The highest BCUT2D eigenvalue weighted by molar-refractivity contribution is 5.23. The molecular formula is C15H25NO. The minimum Gasteiger partial charge on any atom is -0.379 e. The number of morpholine rings is 1. The second-order valence-corrected chi connectivity index (χ2v) is 6.53. The molecule has 2 fully saturated rings. The average Bonchev–Trinajstić information content (AvgIpc) is 2.37. The van der Waals surface area contributed by atoms with Gasteiger partial charge in [-0.1, -0.05) is 25.5 Å². The van der Waals surface area contributed by atoms with Crippen LogP contribution in [0, 0.1) is 17.3 Å². The van der Waals surface area contributed by atoms with Crippen molar-refractivity contribution < 1.29 is 4.74 Å². The van der Waals surface area contributed by atoms with E-state index in [1.807, 2.05) is 0 Å². The van der Waals surface area contributed by atoms with Gasteiger partial charge in [0, 0.05) is 19.6 Å². The van der Waals surface area contributed by atoms with Crippen molar-refractivity contribution in [3.63, 3.8) is 0 Å². The molecule has 0 aromatic rings. The smallest absolute Gasteiger partial charge is 0.0594 e. The van der Waals surface area contributed by atoms with Crippen molar-refractivity contribution >= 4 is 0 Å². The molecule has 1 heterocycles. The molecule has 2 atom stereocenters. The van der Waals surface area contributed by atoms with E-state index in [9.17, 15) is 0 Å². The maximum atomic E-state index is 5.40. The van der Waals surface area contributed by atoms with Crippen LogP contribution >= 0.6 is 0 Å². The summed E-state index contributed by atoms with van der Waals surface area (Å²) < 4.78 is 5.40. The van der Waals surface area contributed by atoms with Gasteiger partial charge in [-0.3, -0.25) is 4.90 Å². The van der Waals surface area contributed by atoms with Crippen molar-refractivity contribution in [2.75, 3.05) is 32.8 Å². The van der Waals surface area contributed by atoms with E-state index in [0.29, 0.717) is 5.41 Å². The van der Waals surface area contributed by atoms with Gasteiger partial charge >= 0.3 is 0 Å². The lowest BCUT2D eigenvalue weighted by Crippen LogP contribution is -2.48. The van der Waals surface area contributed by atoms with Crippen molar-refractivity contribution in [3.05, 3.63) is 11.6 Å². The Balaban J connectivity index is 1.54. The zero-order valence-electron chi connectivity index (χ0n) is 11.2. The molecular weight excluding hydrogens is 210 g/mol. The van der Waals surface area contributed by atoms with Gasteiger partial charge in [-0.15, -0.1) is 0 Å². The van der Waals surface area contributed by atoms with Crippen LogP contribution in [0.5, 0.6) is 0 Å². The molecule has 17 heavy (non-hydrogen) atoms. The number of fused-ring (bicyclic) bond motifs is 1. The van der Waals surface area contributed by atoms with Gasteiger partial charge in [0.1, 0.15) is 0 Å². The fraction of sp³-hybridized carbons (Fsp3) is 0.867. The SMILES string of the molecule is CC1(C)C2CC=C(CCN3CCOCC3)C1C2. The fourth-order valence-electron chi connectivity index (χ4n) is 3.87. The Morgan fingerprint density at radius 2 is 2.12 bits per heavy atom. The van der Waals surface area contributed by atoms with Crippen LogP contribution in [-0.4, -0.2) is 37.7 Å². The van der Waals surface area contributed by atoms with Gasteiger partial charge in [0.2, 0.25) is 0 Å². The van der Waals surface area contributed by atoms with Crippen LogP contribution in [0.15, 0.2) is 11.6 Å². The van der Waals surface area contributed by atoms with E-state index in [0.717, 1.165) is 38.1 Å². The molecule has 0 aromatic heterocycles. The third kappa shape index (κ3) is 2.06. The van der Waals surface area contributed by atoms with Gasteiger partial charge in [0.25, 0.3) is 0 Å². The molecule has 96 valence electrons. The average molecular weight is 235 g/mol. The minimum atomic E-state index is 0.592. The molecule has 4 rings (SSSR count). The highest BCUT2D eigenvalue weighted by Crippen LogP contribution is 2.59. The maximum Gasteiger partial charge on any atom is 0.0594 e. The molecule has 0 aromatic carbocycles. The third-order valence-electron chi connectivity index (χ3n) is 5.40. The van der Waals surface area contributed by atoms with E-state index in [-0.39, 0.29) is 0 Å². The summed E-state index contributed by atoms with van der Waals surface area (Å²) in [7, 11) is 0. The second kappa shape index (κ2) is 4.40. The van der Waals surface area contributed by atoms with Gasteiger partial charge in [0.05, 0.1) is 13.2 Å². The molecule has 0 spiro atoms. The fourth-order valence-corrected chi connectivity index (χ4v) is 3.87. The lowest BCUT2D eigenvalue weighted by atomic mass is 9.48. The third-order valence-corrected chi connectivity index (χ3v) is 5.40. The molecule has 1 saturated carbocycles. The van der Waals surface area contributed by atoms with Gasteiger partial charge in [0.15, 0.2) is 0 Å². The van der Waals surface area contributed by atoms with E-state index in [1.54, 1.807) is 5.57 Å². The zero-order chi connectivity index (χ0) is 11.9. The number of allylic oxidation sites excluding steroid dienone is 1. The van der Waals surface area contributed by atoms with E-state index in [1.165, 1.54) is 25.8 Å². The lowest BCUT2D eigenvalue weighted by molar-refractivity contribution is -0.0107. The summed E-state index contributed by atoms with van der Waals surface area (Å²) in [5.41, 5.74) is 2.35. The van der Waals surface area contributed by atoms with E-state index >= 15 is 0 Å². The first-order chi connectivity index (χ1) is 8.18. The molecule has 3 aliphatic carbocycles. The Labute approximate surface area is 105 Å². The molecule has 2 unspecified atom stereocenters. The van der Waals surface area contributed by atoms with Crippen molar-refractivity contribution in [1.29, 1.82) is 0 Å². The Morgan fingerprint density at radius 3 is 2.76 bits per heavy atom. The van der Waals surface area contributed by atoms with Crippen LogP contribution in [0.3, 0.4) is 0 Å². The Kier molecular flexibility index (Phi) is 3.04. The first kappa shape index (κ1) is 11.7. The van der Waals surface area contributed by atoms with Crippen LogP contribution < -0.4 is 0 Å². The predicted octanol–water partition coefficient (Wildman–Crippen LogP) is 2.70. The second-order valence-electron chi connectivity index (χ2n) is 6.53. The first-order valence-corrected chi connectivity index (χ1v) is 7.17. The molecule has 0 amide bonds. The van der Waals surface area contributed by atoms with E-state index in [4.69, 9.17) is 4.74 Å². The van der Waals surface area contributed by atoms with Gasteiger partial charge in [-0.2, -0.15) is 0 Å². The van der Waals surface area contributed by atoms with Crippen LogP contribution in [0.25, 0.3) is 0 Å². The lowest BCUT2D eigenvalue weighted by Gasteiger charge is -2.56. The van der Waals surface area contributed by atoms with Crippen molar-refractivity contribution in [2.45, 2.75) is 33.1 Å². The summed E-state index contributed by atoms with van der Waals surface area (Å²) in [6.45, 7) is 10.3. The van der Waals surface area contributed by atoms with Gasteiger partial charge < -0.3 is 4.74 Å². The molecule has 0 N–H and O–H groups in total. The highest BCUT2D eigenvalue weighted by atomic mass is 16.5. The van der Waals surface area contributed by atoms with Gasteiger partial charge in [-0.05, 0) is 36.5 Å². The van der Waals surface area contributed by atoms with E-state index < -0.39 is 0 Å². The topological polar surface area (TPSA) is 12.5 Å². The number of hydrogen-bond donors (Lipinski definition) is 0. The number of ether oxygens (including phenoxy) is 1. The van der Waals surface area contributed by atoms with Crippen LogP contribution in [0.2, 0.25) is 0 Å². The quantitative estimate of drug-likeness (QED) is 0.697. The molecule has 4 aliphatic rings. The van der Waals surface area contributed by atoms with E-state index in [2.05, 4.69) is 24.8 Å². The van der Waals surface area contributed by atoms with Gasteiger partial charge in [-0.25, -0.2) is 0 Å². The summed E-state index contributed by atoms with van der Waals surface area (Å²) in [5.74, 6) is 1.86. The minimum absolute atomic E-state index is 0.592. The summed E-state index contributed by atoms with van der Waals surface area (Å²) >= 11 is 0. The van der Waals surface area contributed by atoms with Crippen LogP contribution in [0.1, 0.15) is 33.1 Å². The monoisotopic (exact) mass is 235 g/mol. The Bertz CT molecular complexity index is 315. The normalized spacial score (nSPS) is 36.2. The molecule has 0 radical (unpaired) electrons. The maximum absolute atomic E-state index is 5.40. The molecule has 2 heteroatoms. The summed E-state index contributed by atoms with van der Waals surface area (Å²) in [6, 6.07) is 0. The largest absolute Gasteiger partial charge is 0.379 e.